The van der Waals surface area contributed by atoms with Crippen molar-refractivity contribution in [3.05, 3.63) is 83.8 Å². The number of morpholine rings is 1. The number of hydrogen-bond donors (Lipinski definition) is 2. The highest BCUT2D eigenvalue weighted by Gasteiger charge is 2.21. The van der Waals surface area contributed by atoms with Gasteiger partial charge in [-0.15, -0.1) is 12.4 Å². The van der Waals surface area contributed by atoms with Crippen molar-refractivity contribution in [2.24, 2.45) is 0 Å². The van der Waals surface area contributed by atoms with Gasteiger partial charge in [0.2, 0.25) is 0 Å². The van der Waals surface area contributed by atoms with Crippen LogP contribution in [0.4, 0.5) is 17.1 Å². The number of anilines is 3. The lowest BCUT2D eigenvalue weighted by Crippen LogP contribution is -2.37. The summed E-state index contributed by atoms with van der Waals surface area (Å²) < 4.78 is 5.57. The fourth-order valence-corrected chi connectivity index (χ4v) is 4.58. The molecule has 7 heteroatoms. The number of H-pyrrole nitrogens is 1. The van der Waals surface area contributed by atoms with E-state index in [-0.39, 0.29) is 12.4 Å². The molecule has 3 heterocycles. The van der Waals surface area contributed by atoms with Crippen LogP contribution in [0.5, 0.6) is 0 Å². The molecule has 5 rings (SSSR count). The summed E-state index contributed by atoms with van der Waals surface area (Å²) >= 11 is 0. The first kappa shape index (κ1) is 23.6. The molecule has 6 nitrogen and oxygen atoms in total. The largest absolute Gasteiger partial charge is 0.378 e. The van der Waals surface area contributed by atoms with Crippen molar-refractivity contribution in [1.82, 2.24) is 9.97 Å². The predicted molar refractivity (Wildman–Crippen MR) is 139 cm³/mol. The minimum atomic E-state index is 0. The number of benzene rings is 2. The number of aromatic nitrogens is 2. The zero-order valence-corrected chi connectivity index (χ0v) is 19.8. The quantitative estimate of drug-likeness (QED) is 0.364. The molecular formula is C27H28ClN5O. The third-order valence-electron chi connectivity index (χ3n) is 6.23. The van der Waals surface area contributed by atoms with Crippen LogP contribution in [0.3, 0.4) is 0 Å². The average Bonchev–Trinajstić information content (AvgIpc) is 3.28. The van der Waals surface area contributed by atoms with Gasteiger partial charge in [-0.05, 0) is 54.7 Å². The van der Waals surface area contributed by atoms with E-state index in [1.807, 2.05) is 12.1 Å². The zero-order valence-electron chi connectivity index (χ0n) is 19.0. The molecule has 0 radical (unpaired) electrons. The van der Waals surface area contributed by atoms with Gasteiger partial charge in [-0.2, -0.15) is 5.26 Å². The smallest absolute Gasteiger partial charge is 0.102 e. The number of halogens is 1. The van der Waals surface area contributed by atoms with Crippen LogP contribution >= 0.6 is 12.4 Å². The molecule has 0 saturated carbocycles. The van der Waals surface area contributed by atoms with Crippen LogP contribution in [-0.2, 0) is 17.6 Å². The minimum Gasteiger partial charge on any atom is -0.378 e. The van der Waals surface area contributed by atoms with E-state index in [1.54, 1.807) is 12.4 Å². The molecule has 2 N–H and O–H groups in total. The van der Waals surface area contributed by atoms with Crippen molar-refractivity contribution in [1.29, 1.82) is 5.26 Å². The van der Waals surface area contributed by atoms with Gasteiger partial charge in [0.1, 0.15) is 6.07 Å². The summed E-state index contributed by atoms with van der Waals surface area (Å²) in [6, 6.07) is 19.0. The second kappa shape index (κ2) is 11.1. The van der Waals surface area contributed by atoms with Crippen LogP contribution in [0.1, 0.15) is 23.1 Å². The number of ether oxygens (including phenoxy) is 1. The number of pyridine rings is 1. The van der Waals surface area contributed by atoms with Gasteiger partial charge in [0, 0.05) is 48.3 Å². The molecule has 34 heavy (non-hydrogen) atoms. The van der Waals surface area contributed by atoms with E-state index < -0.39 is 0 Å². The Morgan fingerprint density at radius 3 is 2.56 bits per heavy atom. The number of rotatable bonds is 7. The van der Waals surface area contributed by atoms with Crippen molar-refractivity contribution in [3.63, 3.8) is 0 Å². The molecular weight excluding hydrogens is 446 g/mol. The maximum Gasteiger partial charge on any atom is 0.102 e. The number of nitriles is 1. The average molecular weight is 474 g/mol. The zero-order chi connectivity index (χ0) is 22.5. The van der Waals surface area contributed by atoms with Crippen molar-refractivity contribution in [2.45, 2.75) is 19.3 Å². The van der Waals surface area contributed by atoms with E-state index in [4.69, 9.17) is 4.74 Å². The number of para-hydroxylation sites is 1. The molecule has 1 aliphatic heterocycles. The summed E-state index contributed by atoms with van der Waals surface area (Å²) in [5.74, 6) is 0. The van der Waals surface area contributed by atoms with Gasteiger partial charge < -0.3 is 19.9 Å². The van der Waals surface area contributed by atoms with Crippen LogP contribution in [0.25, 0.3) is 10.9 Å². The molecule has 1 aliphatic rings. The third kappa shape index (κ3) is 5.01. The summed E-state index contributed by atoms with van der Waals surface area (Å²) in [5.41, 5.74) is 7.23. The van der Waals surface area contributed by atoms with Gasteiger partial charge >= 0.3 is 0 Å². The molecule has 0 spiro atoms. The van der Waals surface area contributed by atoms with Crippen molar-refractivity contribution < 1.29 is 4.74 Å². The Balaban J connectivity index is 0.00000274. The Labute approximate surface area is 206 Å². The number of hydrogen-bond acceptors (Lipinski definition) is 5. The maximum atomic E-state index is 10.2. The number of aromatic amines is 1. The van der Waals surface area contributed by atoms with Gasteiger partial charge in [-0.1, -0.05) is 24.3 Å². The van der Waals surface area contributed by atoms with Gasteiger partial charge in [-0.25, -0.2) is 0 Å². The van der Waals surface area contributed by atoms with Crippen LogP contribution in [0, 0.1) is 11.3 Å². The SMILES string of the molecule is Cl.N#Cc1c(CCCc2c[nH]c3ccccc23)ccc(Nc2ccncc2)c1N1CCOCC1. The molecule has 1 saturated heterocycles. The fraction of sp³-hybridized carbons (Fsp3) is 0.259. The van der Waals surface area contributed by atoms with Crippen LogP contribution in [-0.4, -0.2) is 36.3 Å². The first-order chi connectivity index (χ1) is 16.3. The van der Waals surface area contributed by atoms with Gasteiger partial charge in [0.25, 0.3) is 0 Å². The van der Waals surface area contributed by atoms with E-state index in [1.165, 1.54) is 16.5 Å². The molecule has 2 aromatic carbocycles. The lowest BCUT2D eigenvalue weighted by Gasteiger charge is -2.32. The highest BCUT2D eigenvalue weighted by molar-refractivity contribution is 5.85. The Hall–Kier alpha value is -3.53. The second-order valence-corrected chi connectivity index (χ2v) is 8.28. The molecule has 174 valence electrons. The summed E-state index contributed by atoms with van der Waals surface area (Å²) in [7, 11) is 0. The molecule has 0 bridgehead atoms. The highest BCUT2D eigenvalue weighted by atomic mass is 35.5. The molecule has 4 aromatic rings. The van der Waals surface area contributed by atoms with Crippen LogP contribution < -0.4 is 10.2 Å². The van der Waals surface area contributed by atoms with Crippen molar-refractivity contribution >= 4 is 40.4 Å². The Morgan fingerprint density at radius 1 is 1.00 bits per heavy atom. The third-order valence-corrected chi connectivity index (χ3v) is 6.23. The molecule has 2 aromatic heterocycles. The maximum absolute atomic E-state index is 10.2. The Morgan fingerprint density at radius 2 is 1.76 bits per heavy atom. The Bertz CT molecular complexity index is 1280. The normalized spacial score (nSPS) is 13.3. The standard InChI is InChI=1S/C27H27N5O.ClH/c28-18-24-20(4-3-5-21-19-30-25-7-2-1-6-23(21)25)8-9-26(31-22-10-12-29-13-11-22)27(24)32-14-16-33-17-15-32;/h1-2,6-13,19,30H,3-5,14-17H2,(H,29,31);1H. The molecule has 0 atom stereocenters. The van der Waals surface area contributed by atoms with Crippen LogP contribution in [0.15, 0.2) is 67.1 Å². The first-order valence-corrected chi connectivity index (χ1v) is 11.4. The lowest BCUT2D eigenvalue weighted by molar-refractivity contribution is 0.122. The van der Waals surface area contributed by atoms with Crippen molar-refractivity contribution in [2.75, 3.05) is 36.5 Å². The number of nitrogens with zero attached hydrogens (tertiary/aromatic N) is 3. The highest BCUT2D eigenvalue weighted by Crippen LogP contribution is 2.35. The number of fused-ring (bicyclic) bond motifs is 1. The number of aryl methyl sites for hydroxylation is 2. The van der Waals surface area contributed by atoms with E-state index in [0.717, 1.165) is 60.5 Å². The Kier molecular flexibility index (Phi) is 7.69. The lowest BCUT2D eigenvalue weighted by atomic mass is 9.97. The van der Waals surface area contributed by atoms with Gasteiger partial charge in [0.05, 0.1) is 30.2 Å². The summed E-state index contributed by atoms with van der Waals surface area (Å²) in [6.45, 7) is 2.89. The monoisotopic (exact) mass is 473 g/mol. The molecule has 0 unspecified atom stereocenters. The van der Waals surface area contributed by atoms with Gasteiger partial charge in [0.15, 0.2) is 0 Å². The first-order valence-electron chi connectivity index (χ1n) is 11.4. The molecule has 0 amide bonds. The minimum absolute atomic E-state index is 0. The topological polar surface area (TPSA) is 77.0 Å². The summed E-state index contributed by atoms with van der Waals surface area (Å²) in [4.78, 5) is 9.73. The van der Waals surface area contributed by atoms with E-state index in [2.05, 4.69) is 68.8 Å². The molecule has 0 aliphatic carbocycles. The van der Waals surface area contributed by atoms with E-state index >= 15 is 0 Å². The summed E-state index contributed by atoms with van der Waals surface area (Å²) in [6.07, 6.45) is 8.45. The van der Waals surface area contributed by atoms with E-state index in [9.17, 15) is 5.26 Å². The summed E-state index contributed by atoms with van der Waals surface area (Å²) in [5, 5.41) is 15.0. The molecule has 1 fully saturated rings. The number of nitrogens with one attached hydrogen (secondary N) is 2. The second-order valence-electron chi connectivity index (χ2n) is 8.28. The van der Waals surface area contributed by atoms with Crippen LogP contribution in [0.2, 0.25) is 0 Å². The predicted octanol–water partition coefficient (Wildman–Crippen LogP) is 5.61. The van der Waals surface area contributed by atoms with Gasteiger partial charge in [-0.3, -0.25) is 4.98 Å². The van der Waals surface area contributed by atoms with Crippen molar-refractivity contribution in [3.8, 4) is 6.07 Å². The van der Waals surface area contributed by atoms with E-state index in [0.29, 0.717) is 13.2 Å². The fourth-order valence-electron chi connectivity index (χ4n) is 4.58.